The van der Waals surface area contributed by atoms with Crippen molar-refractivity contribution in [3.63, 3.8) is 0 Å². The van der Waals surface area contributed by atoms with Gasteiger partial charge in [0.15, 0.2) is 0 Å². The molecule has 0 aliphatic carbocycles. The summed E-state index contributed by atoms with van der Waals surface area (Å²) >= 11 is 0. The number of carbonyl (C=O) groups excluding carboxylic acids is 1. The molecule has 7 nitrogen and oxygen atoms in total. The molecule has 1 amide bonds. The number of nitrogens with zero attached hydrogens (tertiary/aromatic N) is 4. The number of aryl methyl sites for hydroxylation is 1. The number of likely N-dealkylation sites (tertiary alicyclic amines) is 1. The van der Waals surface area contributed by atoms with Crippen LogP contribution in [0.5, 0.6) is 0 Å². The summed E-state index contributed by atoms with van der Waals surface area (Å²) in [4.78, 5) is 21.6. The van der Waals surface area contributed by atoms with Crippen molar-refractivity contribution < 1.29 is 14.6 Å². The second-order valence-electron chi connectivity index (χ2n) is 7.59. The number of aliphatic hydroxyl groups is 1. The Hall–Kier alpha value is -2.38. The summed E-state index contributed by atoms with van der Waals surface area (Å²) in [5.74, 6) is 0.897. The Labute approximate surface area is 165 Å². The van der Waals surface area contributed by atoms with Crippen molar-refractivity contribution in [3.05, 3.63) is 48.0 Å². The summed E-state index contributed by atoms with van der Waals surface area (Å²) in [6.07, 6.45) is 4.52. The quantitative estimate of drug-likeness (QED) is 0.871. The number of carbonyl (C=O) groups is 1. The van der Waals surface area contributed by atoms with Crippen LogP contribution in [0.3, 0.4) is 0 Å². The fourth-order valence-electron chi connectivity index (χ4n) is 4.20. The Balaban J connectivity index is 1.43. The molecule has 1 unspecified atom stereocenters. The van der Waals surface area contributed by atoms with E-state index in [1.54, 1.807) is 6.20 Å². The molecule has 28 heavy (non-hydrogen) atoms. The molecule has 1 atom stereocenters. The van der Waals surface area contributed by atoms with Gasteiger partial charge in [-0.25, -0.2) is 4.98 Å². The maximum absolute atomic E-state index is 13.2. The van der Waals surface area contributed by atoms with E-state index in [1.165, 1.54) is 0 Å². The third-order valence-electron chi connectivity index (χ3n) is 5.88. The molecule has 0 spiro atoms. The van der Waals surface area contributed by atoms with E-state index in [0.29, 0.717) is 32.1 Å². The monoisotopic (exact) mass is 384 g/mol. The maximum atomic E-state index is 13.2. The zero-order chi connectivity index (χ0) is 19.5. The fraction of sp³-hybridized carbons (Fsp3) is 0.524. The maximum Gasteiger partial charge on any atom is 0.255 e. The molecular weight excluding hydrogens is 356 g/mol. The molecule has 4 rings (SSSR count). The summed E-state index contributed by atoms with van der Waals surface area (Å²) < 4.78 is 7.31. The van der Waals surface area contributed by atoms with Crippen LogP contribution in [0.2, 0.25) is 0 Å². The van der Waals surface area contributed by atoms with Gasteiger partial charge in [0.2, 0.25) is 0 Å². The molecule has 2 saturated heterocycles. The lowest BCUT2D eigenvalue weighted by atomic mass is 9.90. The number of hydrogen-bond acceptors (Lipinski definition) is 5. The molecule has 0 bridgehead atoms. The largest absolute Gasteiger partial charge is 0.385 e. The molecule has 2 aromatic rings. The number of rotatable bonds is 4. The van der Waals surface area contributed by atoms with Gasteiger partial charge in [0, 0.05) is 51.3 Å². The number of piperidine rings is 1. The smallest absolute Gasteiger partial charge is 0.255 e. The first-order valence-corrected chi connectivity index (χ1v) is 10.0. The lowest BCUT2D eigenvalue weighted by Gasteiger charge is -2.35. The van der Waals surface area contributed by atoms with E-state index in [0.717, 1.165) is 37.2 Å². The molecule has 2 aliphatic rings. The van der Waals surface area contributed by atoms with E-state index in [1.807, 2.05) is 47.0 Å². The number of hydrogen-bond donors (Lipinski definition) is 1. The van der Waals surface area contributed by atoms with Gasteiger partial charge in [0.25, 0.3) is 5.91 Å². The van der Waals surface area contributed by atoms with Gasteiger partial charge < -0.3 is 24.2 Å². The molecule has 0 radical (unpaired) electrons. The summed E-state index contributed by atoms with van der Waals surface area (Å²) in [5.41, 5.74) is 1.75. The van der Waals surface area contributed by atoms with Crippen LogP contribution in [-0.4, -0.2) is 64.9 Å². The molecule has 3 heterocycles. The van der Waals surface area contributed by atoms with Gasteiger partial charge in [0.1, 0.15) is 11.9 Å². The van der Waals surface area contributed by atoms with Gasteiger partial charge in [-0.2, -0.15) is 0 Å². The minimum Gasteiger partial charge on any atom is -0.385 e. The van der Waals surface area contributed by atoms with Gasteiger partial charge in [-0.3, -0.25) is 4.79 Å². The second kappa shape index (κ2) is 8.32. The van der Waals surface area contributed by atoms with Crippen LogP contribution in [-0.2, 0) is 11.8 Å². The molecule has 1 N–H and O–H groups in total. The number of anilines is 1. The predicted octanol–water partition coefficient (Wildman–Crippen LogP) is 1.84. The molecule has 1 aromatic carbocycles. The minimum absolute atomic E-state index is 0.0759. The van der Waals surface area contributed by atoms with Gasteiger partial charge >= 0.3 is 0 Å². The number of aliphatic hydroxyl groups excluding tert-OH is 1. The number of amides is 1. The van der Waals surface area contributed by atoms with Crippen molar-refractivity contribution in [3.8, 4) is 0 Å². The van der Waals surface area contributed by atoms with Crippen LogP contribution in [0, 0.1) is 5.92 Å². The van der Waals surface area contributed by atoms with E-state index in [9.17, 15) is 9.90 Å². The van der Waals surface area contributed by atoms with Crippen molar-refractivity contribution in [2.45, 2.75) is 18.9 Å². The Morgan fingerprint density at radius 3 is 2.57 bits per heavy atom. The van der Waals surface area contributed by atoms with Crippen LogP contribution in [0.1, 0.15) is 35.1 Å². The van der Waals surface area contributed by atoms with E-state index in [2.05, 4.69) is 9.88 Å². The number of aromatic nitrogens is 2. The normalized spacial score (nSPS) is 19.6. The van der Waals surface area contributed by atoms with Gasteiger partial charge in [-0.15, -0.1) is 0 Å². The summed E-state index contributed by atoms with van der Waals surface area (Å²) in [6.45, 7) is 4.31. The Morgan fingerprint density at radius 2 is 1.89 bits per heavy atom. The van der Waals surface area contributed by atoms with E-state index in [4.69, 9.17) is 4.74 Å². The summed E-state index contributed by atoms with van der Waals surface area (Å²) in [5, 5.41) is 10.7. The highest BCUT2D eigenvalue weighted by Gasteiger charge is 2.31. The van der Waals surface area contributed by atoms with Crippen LogP contribution in [0.4, 0.5) is 5.69 Å². The number of para-hydroxylation sites is 1. The van der Waals surface area contributed by atoms with Crippen molar-refractivity contribution in [1.82, 2.24) is 14.5 Å². The van der Waals surface area contributed by atoms with Crippen molar-refractivity contribution in [2.24, 2.45) is 13.0 Å². The average molecular weight is 384 g/mol. The van der Waals surface area contributed by atoms with Crippen LogP contribution < -0.4 is 4.90 Å². The molecule has 0 saturated carbocycles. The molecule has 2 aliphatic heterocycles. The molecule has 2 fully saturated rings. The number of benzene rings is 1. The van der Waals surface area contributed by atoms with Gasteiger partial charge in [0.05, 0.1) is 18.8 Å². The van der Waals surface area contributed by atoms with E-state index >= 15 is 0 Å². The Kier molecular flexibility index (Phi) is 5.64. The summed E-state index contributed by atoms with van der Waals surface area (Å²) in [6, 6.07) is 7.85. The molecule has 150 valence electrons. The van der Waals surface area contributed by atoms with E-state index in [-0.39, 0.29) is 11.8 Å². The number of ether oxygens (including phenoxy) is 1. The summed E-state index contributed by atoms with van der Waals surface area (Å²) in [7, 11) is 1.90. The second-order valence-corrected chi connectivity index (χ2v) is 7.59. The molecule has 1 aromatic heterocycles. The minimum atomic E-state index is -0.585. The zero-order valence-corrected chi connectivity index (χ0v) is 16.3. The number of morpholine rings is 1. The van der Waals surface area contributed by atoms with Gasteiger partial charge in [-0.1, -0.05) is 12.1 Å². The van der Waals surface area contributed by atoms with Gasteiger partial charge in [-0.05, 0) is 30.9 Å². The lowest BCUT2D eigenvalue weighted by molar-refractivity contribution is 0.0420. The first-order chi connectivity index (χ1) is 13.6. The average Bonchev–Trinajstić information content (AvgIpc) is 3.19. The standard InChI is InChI=1S/C21H28N4O3/c1-23-11-8-22-20(23)19(26)16-6-9-25(10-7-16)21(27)17-4-2-3-5-18(17)24-12-14-28-15-13-24/h2-5,8,11,16,19,26H,6-7,9-10,12-15H2,1H3. The van der Waals surface area contributed by atoms with Crippen LogP contribution in [0.15, 0.2) is 36.7 Å². The fourth-order valence-corrected chi connectivity index (χ4v) is 4.20. The topological polar surface area (TPSA) is 70.8 Å². The van der Waals surface area contributed by atoms with Crippen LogP contribution in [0.25, 0.3) is 0 Å². The van der Waals surface area contributed by atoms with Crippen LogP contribution >= 0.6 is 0 Å². The third kappa shape index (κ3) is 3.77. The lowest BCUT2D eigenvalue weighted by Crippen LogP contribution is -2.42. The highest BCUT2D eigenvalue weighted by atomic mass is 16.5. The first kappa shape index (κ1) is 19.0. The molecular formula is C21H28N4O3. The molecule has 7 heteroatoms. The third-order valence-corrected chi connectivity index (χ3v) is 5.88. The van der Waals surface area contributed by atoms with Crippen molar-refractivity contribution in [2.75, 3.05) is 44.3 Å². The Morgan fingerprint density at radius 1 is 1.18 bits per heavy atom. The van der Waals surface area contributed by atoms with E-state index < -0.39 is 6.10 Å². The number of imidazole rings is 1. The SMILES string of the molecule is Cn1ccnc1C(O)C1CCN(C(=O)c2ccccc2N2CCOCC2)CC1. The predicted molar refractivity (Wildman–Crippen MR) is 106 cm³/mol. The highest BCUT2D eigenvalue weighted by molar-refractivity contribution is 5.99. The highest BCUT2D eigenvalue weighted by Crippen LogP contribution is 2.31. The van der Waals surface area contributed by atoms with Crippen molar-refractivity contribution in [1.29, 1.82) is 0 Å². The Bertz CT molecular complexity index is 807. The zero-order valence-electron chi connectivity index (χ0n) is 16.3. The van der Waals surface area contributed by atoms with Crippen molar-refractivity contribution >= 4 is 11.6 Å². The first-order valence-electron chi connectivity index (χ1n) is 10.0.